The van der Waals surface area contributed by atoms with E-state index in [1.165, 1.54) is 5.56 Å². The summed E-state index contributed by atoms with van der Waals surface area (Å²) in [6, 6.07) is 11.7. The van der Waals surface area contributed by atoms with Gasteiger partial charge in [0.25, 0.3) is 5.56 Å². The van der Waals surface area contributed by atoms with Crippen molar-refractivity contribution in [2.24, 2.45) is 0 Å². The van der Waals surface area contributed by atoms with E-state index in [0.29, 0.717) is 18.9 Å². The highest BCUT2D eigenvalue weighted by Crippen LogP contribution is 2.09. The number of aryl methyl sites for hydroxylation is 1. The molecule has 3 heteroatoms. The minimum atomic E-state index is -0.0702. The lowest BCUT2D eigenvalue weighted by Gasteiger charge is -2.10. The van der Waals surface area contributed by atoms with E-state index in [1.54, 1.807) is 16.8 Å². The Labute approximate surface area is 113 Å². The summed E-state index contributed by atoms with van der Waals surface area (Å²) in [7, 11) is 0. The van der Waals surface area contributed by atoms with Crippen LogP contribution in [0.25, 0.3) is 0 Å². The molecular formula is C16H19NO2. The van der Waals surface area contributed by atoms with Crippen molar-refractivity contribution < 1.29 is 4.74 Å². The van der Waals surface area contributed by atoms with Crippen LogP contribution in [0.3, 0.4) is 0 Å². The molecule has 100 valence electrons. The molecule has 0 atom stereocenters. The molecule has 0 aliphatic rings. The number of nitrogens with zero attached hydrogens (tertiary/aromatic N) is 1. The fraction of sp³-hybridized carbons (Fsp3) is 0.312. The predicted molar refractivity (Wildman–Crippen MR) is 76.8 cm³/mol. The largest absolute Gasteiger partial charge is 0.488 e. The lowest BCUT2D eigenvalue weighted by molar-refractivity contribution is 0.310. The van der Waals surface area contributed by atoms with Crippen LogP contribution in [0.4, 0.5) is 0 Å². The van der Waals surface area contributed by atoms with Crippen LogP contribution < -0.4 is 10.3 Å². The summed E-state index contributed by atoms with van der Waals surface area (Å²) in [5, 5.41) is 0. The number of hydrogen-bond acceptors (Lipinski definition) is 2. The van der Waals surface area contributed by atoms with Crippen LogP contribution in [0.1, 0.15) is 24.5 Å². The molecule has 0 N–H and O–H groups in total. The second-order valence-corrected chi connectivity index (χ2v) is 4.58. The normalized spacial score (nSPS) is 10.4. The van der Waals surface area contributed by atoms with Gasteiger partial charge in [-0.3, -0.25) is 4.79 Å². The minimum absolute atomic E-state index is 0.0702. The first kappa shape index (κ1) is 13.4. The number of ether oxygens (including phenoxy) is 1. The van der Waals surface area contributed by atoms with Crippen LogP contribution in [0.2, 0.25) is 0 Å². The minimum Gasteiger partial charge on any atom is -0.488 e. The fourth-order valence-corrected chi connectivity index (χ4v) is 1.93. The summed E-state index contributed by atoms with van der Waals surface area (Å²) in [4.78, 5) is 12.2. The molecule has 2 aromatic rings. The molecule has 1 aromatic carbocycles. The van der Waals surface area contributed by atoms with E-state index < -0.39 is 0 Å². The van der Waals surface area contributed by atoms with Gasteiger partial charge >= 0.3 is 0 Å². The Hall–Kier alpha value is -2.03. The SMILES string of the molecule is CCCOc1cccn(Cc2ccccc2C)c1=O. The highest BCUT2D eigenvalue weighted by atomic mass is 16.5. The summed E-state index contributed by atoms with van der Waals surface area (Å²) in [5.74, 6) is 0.429. The summed E-state index contributed by atoms with van der Waals surface area (Å²) >= 11 is 0. The fourth-order valence-electron chi connectivity index (χ4n) is 1.93. The van der Waals surface area contributed by atoms with Gasteiger partial charge in [0.15, 0.2) is 5.75 Å². The Morgan fingerprint density at radius 2 is 1.95 bits per heavy atom. The molecule has 0 fully saturated rings. The van der Waals surface area contributed by atoms with Crippen molar-refractivity contribution in [1.29, 1.82) is 0 Å². The van der Waals surface area contributed by atoms with Gasteiger partial charge in [-0.1, -0.05) is 31.2 Å². The number of pyridine rings is 1. The Kier molecular flexibility index (Phi) is 4.39. The molecule has 0 aliphatic heterocycles. The lowest BCUT2D eigenvalue weighted by Crippen LogP contribution is -2.22. The van der Waals surface area contributed by atoms with Gasteiger partial charge in [-0.2, -0.15) is 0 Å². The highest BCUT2D eigenvalue weighted by molar-refractivity contribution is 5.26. The van der Waals surface area contributed by atoms with Gasteiger partial charge in [-0.05, 0) is 36.6 Å². The van der Waals surface area contributed by atoms with Gasteiger partial charge < -0.3 is 9.30 Å². The molecule has 0 spiro atoms. The second-order valence-electron chi connectivity index (χ2n) is 4.58. The molecule has 0 saturated heterocycles. The summed E-state index contributed by atoms with van der Waals surface area (Å²) in [6.45, 7) is 5.23. The molecule has 19 heavy (non-hydrogen) atoms. The lowest BCUT2D eigenvalue weighted by atomic mass is 10.1. The predicted octanol–water partition coefficient (Wildman–Crippen LogP) is 2.99. The van der Waals surface area contributed by atoms with Crippen molar-refractivity contribution in [2.75, 3.05) is 6.61 Å². The van der Waals surface area contributed by atoms with E-state index in [1.807, 2.05) is 31.2 Å². The van der Waals surface area contributed by atoms with E-state index in [2.05, 4.69) is 13.0 Å². The van der Waals surface area contributed by atoms with Crippen LogP contribution in [0, 0.1) is 6.92 Å². The zero-order chi connectivity index (χ0) is 13.7. The number of benzene rings is 1. The third-order valence-corrected chi connectivity index (χ3v) is 3.05. The molecule has 0 amide bonds. The van der Waals surface area contributed by atoms with Crippen LogP contribution in [0.5, 0.6) is 5.75 Å². The first-order valence-electron chi connectivity index (χ1n) is 6.59. The number of rotatable bonds is 5. The van der Waals surface area contributed by atoms with Crippen LogP contribution in [-0.2, 0) is 6.54 Å². The molecule has 0 unspecified atom stereocenters. The standard InChI is InChI=1S/C16H19NO2/c1-3-11-19-15-9-6-10-17(16(15)18)12-14-8-5-4-7-13(14)2/h4-10H,3,11-12H2,1-2H3. The molecular weight excluding hydrogens is 238 g/mol. The van der Waals surface area contributed by atoms with Crippen molar-refractivity contribution >= 4 is 0 Å². The molecule has 0 radical (unpaired) electrons. The first-order valence-corrected chi connectivity index (χ1v) is 6.59. The maximum atomic E-state index is 12.2. The summed E-state index contributed by atoms with van der Waals surface area (Å²) in [6.07, 6.45) is 2.69. The Morgan fingerprint density at radius 3 is 2.68 bits per heavy atom. The van der Waals surface area contributed by atoms with E-state index in [0.717, 1.165) is 12.0 Å². The van der Waals surface area contributed by atoms with Crippen molar-refractivity contribution in [3.63, 3.8) is 0 Å². The number of hydrogen-bond donors (Lipinski definition) is 0. The molecule has 1 heterocycles. The Morgan fingerprint density at radius 1 is 1.16 bits per heavy atom. The summed E-state index contributed by atoms with van der Waals surface area (Å²) in [5.41, 5.74) is 2.27. The zero-order valence-electron chi connectivity index (χ0n) is 11.4. The van der Waals surface area contributed by atoms with Crippen LogP contribution in [0.15, 0.2) is 47.4 Å². The van der Waals surface area contributed by atoms with E-state index in [-0.39, 0.29) is 5.56 Å². The van der Waals surface area contributed by atoms with E-state index >= 15 is 0 Å². The molecule has 0 aliphatic carbocycles. The van der Waals surface area contributed by atoms with Crippen molar-refractivity contribution in [1.82, 2.24) is 4.57 Å². The average Bonchev–Trinajstić information content (AvgIpc) is 2.42. The van der Waals surface area contributed by atoms with Gasteiger partial charge in [-0.25, -0.2) is 0 Å². The molecule has 0 saturated carbocycles. The van der Waals surface area contributed by atoms with Gasteiger partial charge in [0.05, 0.1) is 13.2 Å². The van der Waals surface area contributed by atoms with Gasteiger partial charge in [-0.15, -0.1) is 0 Å². The van der Waals surface area contributed by atoms with Crippen molar-refractivity contribution in [3.8, 4) is 5.75 Å². The number of aromatic nitrogens is 1. The average molecular weight is 257 g/mol. The Balaban J connectivity index is 2.26. The van der Waals surface area contributed by atoms with E-state index in [9.17, 15) is 4.79 Å². The van der Waals surface area contributed by atoms with Crippen molar-refractivity contribution in [2.45, 2.75) is 26.8 Å². The van der Waals surface area contributed by atoms with Crippen molar-refractivity contribution in [3.05, 3.63) is 64.1 Å². The maximum absolute atomic E-state index is 12.2. The third-order valence-electron chi connectivity index (χ3n) is 3.05. The van der Waals surface area contributed by atoms with Crippen LogP contribution in [-0.4, -0.2) is 11.2 Å². The quantitative estimate of drug-likeness (QED) is 0.824. The van der Waals surface area contributed by atoms with E-state index in [4.69, 9.17) is 4.74 Å². The third kappa shape index (κ3) is 3.25. The second kappa shape index (κ2) is 6.23. The zero-order valence-corrected chi connectivity index (χ0v) is 11.4. The molecule has 3 nitrogen and oxygen atoms in total. The molecule has 0 bridgehead atoms. The van der Waals surface area contributed by atoms with Gasteiger partial charge in [0.2, 0.25) is 0 Å². The topological polar surface area (TPSA) is 31.2 Å². The Bertz CT molecular complexity index is 602. The monoisotopic (exact) mass is 257 g/mol. The smallest absolute Gasteiger partial charge is 0.293 e. The van der Waals surface area contributed by atoms with Gasteiger partial charge in [0, 0.05) is 6.20 Å². The molecule has 1 aromatic heterocycles. The molecule has 2 rings (SSSR count). The maximum Gasteiger partial charge on any atom is 0.293 e. The summed E-state index contributed by atoms with van der Waals surface area (Å²) < 4.78 is 7.15. The van der Waals surface area contributed by atoms with Crippen LogP contribution >= 0.6 is 0 Å². The highest BCUT2D eigenvalue weighted by Gasteiger charge is 2.05. The van der Waals surface area contributed by atoms with Gasteiger partial charge in [0.1, 0.15) is 0 Å². The first-order chi connectivity index (χ1) is 9.22.